The Morgan fingerprint density at radius 2 is 1.81 bits per heavy atom. The summed E-state index contributed by atoms with van der Waals surface area (Å²) in [5.74, 6) is -1.83. The Bertz CT molecular complexity index is 419. The van der Waals surface area contributed by atoms with Crippen molar-refractivity contribution in [3.63, 3.8) is 0 Å². The van der Waals surface area contributed by atoms with E-state index in [-0.39, 0.29) is 14.9 Å². The van der Waals surface area contributed by atoms with E-state index in [1.807, 2.05) is 0 Å². The average Bonchev–Trinajstić information content (AvgIpc) is 2.22. The van der Waals surface area contributed by atoms with Crippen LogP contribution in [0.5, 0.6) is 0 Å². The van der Waals surface area contributed by atoms with Gasteiger partial charge in [-0.05, 0) is 23.9 Å². The van der Waals surface area contributed by atoms with Crippen molar-refractivity contribution in [3.05, 3.63) is 28.2 Å². The topological polar surface area (TPSA) is 54.4 Å². The lowest BCUT2D eigenvalue weighted by Gasteiger charge is -2.05. The number of benzene rings is 1. The monoisotopic (exact) mass is 282 g/mol. The van der Waals surface area contributed by atoms with Gasteiger partial charge in [-0.15, -0.1) is 0 Å². The number of carboxylic acid groups (broad SMARTS) is 1. The molecule has 1 aromatic carbocycles. The van der Waals surface area contributed by atoms with Crippen LogP contribution in [-0.2, 0) is 9.59 Å². The Hall–Kier alpha value is -0.780. The molecule has 1 aromatic rings. The van der Waals surface area contributed by atoms with Gasteiger partial charge in [-0.3, -0.25) is 4.79 Å². The first kappa shape index (κ1) is 13.3. The van der Waals surface area contributed by atoms with Crippen LogP contribution in [0.3, 0.4) is 0 Å². The van der Waals surface area contributed by atoms with Crippen LogP contribution >= 0.6 is 35.0 Å². The Morgan fingerprint density at radius 3 is 2.25 bits per heavy atom. The number of carboxylic acids is 1. The first-order valence-corrected chi connectivity index (χ1v) is 5.53. The van der Waals surface area contributed by atoms with Gasteiger partial charge >= 0.3 is 5.97 Å². The van der Waals surface area contributed by atoms with Crippen molar-refractivity contribution in [1.82, 2.24) is 0 Å². The lowest BCUT2D eigenvalue weighted by Crippen LogP contribution is -2.22. The van der Waals surface area contributed by atoms with Crippen molar-refractivity contribution in [3.8, 4) is 0 Å². The third-order valence-electron chi connectivity index (χ3n) is 1.55. The van der Waals surface area contributed by atoms with Gasteiger partial charge in [0.05, 0.1) is 14.9 Å². The summed E-state index contributed by atoms with van der Waals surface area (Å²) in [7, 11) is 0. The van der Waals surface area contributed by atoms with Crippen LogP contribution < -0.4 is 0 Å². The first-order chi connectivity index (χ1) is 7.43. The van der Waals surface area contributed by atoms with Gasteiger partial charge in [0.25, 0.3) is 6.17 Å². The van der Waals surface area contributed by atoms with Crippen LogP contribution in [0.4, 0.5) is 4.39 Å². The summed E-state index contributed by atoms with van der Waals surface area (Å²) in [6.45, 7) is 0. The Balaban J connectivity index is 2.89. The standard InChI is InChI=1S/C9H5Cl2FO3S/c10-4-2-1-3-5(11)7(4)16-9(15)6(12)8(13)14/h1-3,6H,(H,13,14). The molecule has 3 nitrogen and oxygen atoms in total. The minimum Gasteiger partial charge on any atom is -0.479 e. The number of thioether (sulfide) groups is 1. The van der Waals surface area contributed by atoms with Gasteiger partial charge in [-0.25, -0.2) is 9.18 Å². The molecule has 1 N–H and O–H groups in total. The van der Waals surface area contributed by atoms with Crippen LogP contribution in [0.2, 0.25) is 10.0 Å². The van der Waals surface area contributed by atoms with E-state index in [1.54, 1.807) is 6.07 Å². The molecule has 0 aliphatic heterocycles. The molecule has 0 radical (unpaired) electrons. The largest absolute Gasteiger partial charge is 0.479 e. The summed E-state index contributed by atoms with van der Waals surface area (Å²) in [6.07, 6.45) is -2.59. The van der Waals surface area contributed by atoms with Crippen LogP contribution in [0, 0.1) is 0 Å². The second kappa shape index (κ2) is 5.52. The van der Waals surface area contributed by atoms with Crippen molar-refractivity contribution in [2.45, 2.75) is 11.1 Å². The molecule has 16 heavy (non-hydrogen) atoms. The molecule has 1 rings (SSSR count). The highest BCUT2D eigenvalue weighted by Gasteiger charge is 2.27. The average molecular weight is 283 g/mol. The number of hydrogen-bond donors (Lipinski definition) is 1. The number of alkyl halides is 1. The second-order valence-corrected chi connectivity index (χ2v) is 4.50. The molecule has 0 aliphatic carbocycles. The van der Waals surface area contributed by atoms with Gasteiger partial charge in [0.1, 0.15) is 0 Å². The van der Waals surface area contributed by atoms with E-state index in [2.05, 4.69) is 0 Å². The maximum absolute atomic E-state index is 12.8. The van der Waals surface area contributed by atoms with E-state index < -0.39 is 17.3 Å². The molecule has 86 valence electrons. The molecule has 0 spiro atoms. The molecule has 0 fully saturated rings. The number of carbonyl (C=O) groups excluding carboxylic acids is 1. The van der Waals surface area contributed by atoms with Crippen LogP contribution in [0.1, 0.15) is 0 Å². The van der Waals surface area contributed by atoms with Gasteiger partial charge in [0.2, 0.25) is 5.12 Å². The molecule has 0 saturated carbocycles. The lowest BCUT2D eigenvalue weighted by atomic mass is 10.4. The van der Waals surface area contributed by atoms with Gasteiger partial charge in [0, 0.05) is 0 Å². The third-order valence-corrected chi connectivity index (χ3v) is 3.45. The summed E-state index contributed by atoms with van der Waals surface area (Å²) in [5.41, 5.74) is 0. The number of aliphatic carboxylic acids is 1. The Morgan fingerprint density at radius 1 is 1.31 bits per heavy atom. The van der Waals surface area contributed by atoms with Crippen molar-refractivity contribution in [2.75, 3.05) is 0 Å². The van der Waals surface area contributed by atoms with E-state index in [1.165, 1.54) is 12.1 Å². The van der Waals surface area contributed by atoms with Gasteiger partial charge < -0.3 is 5.11 Å². The van der Waals surface area contributed by atoms with Gasteiger partial charge in [0.15, 0.2) is 0 Å². The zero-order valence-corrected chi connectivity index (χ0v) is 9.94. The minimum absolute atomic E-state index is 0.153. The summed E-state index contributed by atoms with van der Waals surface area (Å²) in [6, 6.07) is 4.50. The lowest BCUT2D eigenvalue weighted by molar-refractivity contribution is -0.145. The highest BCUT2D eigenvalue weighted by molar-refractivity contribution is 8.14. The van der Waals surface area contributed by atoms with Crippen LogP contribution in [-0.4, -0.2) is 22.4 Å². The molecule has 1 atom stereocenters. The highest BCUT2D eigenvalue weighted by atomic mass is 35.5. The predicted octanol–water partition coefficient (Wildman–Crippen LogP) is 3.03. The Labute approximate surface area is 105 Å². The fourth-order valence-electron chi connectivity index (χ4n) is 0.833. The minimum atomic E-state index is -2.59. The van der Waals surface area contributed by atoms with Crippen molar-refractivity contribution in [1.29, 1.82) is 0 Å². The smallest absolute Gasteiger partial charge is 0.347 e. The maximum Gasteiger partial charge on any atom is 0.347 e. The molecular formula is C9H5Cl2FO3S. The summed E-state index contributed by atoms with van der Waals surface area (Å²) in [4.78, 5) is 21.5. The molecule has 0 saturated heterocycles. The molecule has 1 unspecified atom stereocenters. The van der Waals surface area contributed by atoms with Crippen LogP contribution in [0.15, 0.2) is 23.1 Å². The fraction of sp³-hybridized carbons (Fsp3) is 0.111. The summed E-state index contributed by atoms with van der Waals surface area (Å²) >= 11 is 11.8. The number of carbonyl (C=O) groups is 2. The highest BCUT2D eigenvalue weighted by Crippen LogP contribution is 2.35. The van der Waals surface area contributed by atoms with E-state index >= 15 is 0 Å². The van der Waals surface area contributed by atoms with Crippen molar-refractivity contribution in [2.24, 2.45) is 0 Å². The maximum atomic E-state index is 12.8. The first-order valence-electron chi connectivity index (χ1n) is 3.96. The summed E-state index contributed by atoms with van der Waals surface area (Å²) < 4.78 is 12.8. The quantitative estimate of drug-likeness (QED) is 0.684. The van der Waals surface area contributed by atoms with E-state index in [0.29, 0.717) is 11.8 Å². The number of hydrogen-bond acceptors (Lipinski definition) is 3. The predicted molar refractivity (Wildman–Crippen MR) is 59.9 cm³/mol. The van der Waals surface area contributed by atoms with Crippen LogP contribution in [0.25, 0.3) is 0 Å². The second-order valence-electron chi connectivity index (χ2n) is 2.67. The molecule has 0 amide bonds. The molecule has 0 aliphatic rings. The van der Waals surface area contributed by atoms with E-state index in [4.69, 9.17) is 28.3 Å². The number of halogens is 3. The molecule has 0 bridgehead atoms. The molecule has 7 heteroatoms. The number of rotatable bonds is 3. The SMILES string of the molecule is O=C(O)C(F)C(=O)Sc1c(Cl)cccc1Cl. The zero-order valence-electron chi connectivity index (χ0n) is 7.62. The van der Waals surface area contributed by atoms with Crippen molar-refractivity contribution < 1.29 is 19.1 Å². The van der Waals surface area contributed by atoms with Gasteiger partial charge in [-0.1, -0.05) is 29.3 Å². The summed E-state index contributed by atoms with van der Waals surface area (Å²) in [5, 5.41) is 7.47. The fourth-order valence-corrected chi connectivity index (χ4v) is 2.20. The molecule has 0 heterocycles. The zero-order chi connectivity index (χ0) is 12.3. The third kappa shape index (κ3) is 3.10. The Kier molecular flexibility index (Phi) is 4.58. The van der Waals surface area contributed by atoms with Crippen molar-refractivity contribution >= 4 is 46.0 Å². The van der Waals surface area contributed by atoms with E-state index in [9.17, 15) is 14.0 Å². The van der Waals surface area contributed by atoms with Gasteiger partial charge in [-0.2, -0.15) is 0 Å². The molecular weight excluding hydrogens is 278 g/mol. The molecule has 0 aromatic heterocycles. The normalized spacial score (nSPS) is 12.2. The van der Waals surface area contributed by atoms with E-state index in [0.717, 1.165) is 0 Å².